The Morgan fingerprint density at radius 1 is 1.35 bits per heavy atom. The number of carbonyl (C=O) groups is 1. The Morgan fingerprint density at radius 2 is 2.04 bits per heavy atom. The summed E-state index contributed by atoms with van der Waals surface area (Å²) in [4.78, 5) is 22.7. The second kappa shape index (κ2) is 5.91. The van der Waals surface area contributed by atoms with Gasteiger partial charge in [0.25, 0.3) is 5.69 Å². The maximum atomic E-state index is 12.0. The molecule has 0 unspecified atom stereocenters. The molecule has 3 rings (SSSR count). The third-order valence-electron chi connectivity index (χ3n) is 3.29. The number of fused-ring (bicyclic) bond motifs is 1. The summed E-state index contributed by atoms with van der Waals surface area (Å²) in [5.74, 6) is 0.469. The van der Waals surface area contributed by atoms with Crippen molar-refractivity contribution in [3.63, 3.8) is 0 Å². The number of ether oxygens (including phenoxy) is 2. The van der Waals surface area contributed by atoms with Gasteiger partial charge < -0.3 is 9.47 Å². The van der Waals surface area contributed by atoms with E-state index in [0.29, 0.717) is 30.3 Å². The fourth-order valence-corrected chi connectivity index (χ4v) is 2.20. The van der Waals surface area contributed by atoms with Crippen molar-refractivity contribution < 1.29 is 19.2 Å². The van der Waals surface area contributed by atoms with Crippen molar-refractivity contribution in [2.45, 2.75) is 0 Å². The highest BCUT2D eigenvalue weighted by molar-refractivity contribution is 6.06. The minimum Gasteiger partial charge on any atom is -0.486 e. The number of hydrogen-bond donors (Lipinski definition) is 0. The molecule has 0 fully saturated rings. The molecule has 0 aliphatic carbocycles. The Morgan fingerprint density at radius 3 is 2.65 bits per heavy atom. The Balaban J connectivity index is 1.93. The molecule has 0 bridgehead atoms. The quantitative estimate of drug-likeness (QED) is 0.370. The van der Waals surface area contributed by atoms with Crippen LogP contribution < -0.4 is 9.47 Å². The molecule has 1 aromatic heterocycles. The van der Waals surface area contributed by atoms with E-state index in [2.05, 4.69) is 5.10 Å². The summed E-state index contributed by atoms with van der Waals surface area (Å²) in [6.07, 6.45) is 5.68. The average molecular weight is 315 g/mol. The molecule has 2 heterocycles. The van der Waals surface area contributed by atoms with Crippen LogP contribution in [0, 0.1) is 10.1 Å². The monoisotopic (exact) mass is 315 g/mol. The van der Waals surface area contributed by atoms with Gasteiger partial charge in [0.15, 0.2) is 17.3 Å². The predicted octanol–water partition coefficient (Wildman–Crippen LogP) is 2.00. The summed E-state index contributed by atoms with van der Waals surface area (Å²) in [7, 11) is 1.70. The van der Waals surface area contributed by atoms with Crippen LogP contribution in [0.1, 0.15) is 15.9 Å². The summed E-state index contributed by atoms with van der Waals surface area (Å²) in [6.45, 7) is 0.724. The summed E-state index contributed by atoms with van der Waals surface area (Å²) in [5.41, 5.74) is 0.532. The molecule has 1 aromatic carbocycles. The Labute approximate surface area is 131 Å². The van der Waals surface area contributed by atoms with Gasteiger partial charge in [-0.2, -0.15) is 5.10 Å². The molecule has 0 radical (unpaired) electrons. The van der Waals surface area contributed by atoms with Crippen LogP contribution in [0.4, 0.5) is 5.69 Å². The molecule has 2 aromatic rings. The maximum absolute atomic E-state index is 12.0. The number of allylic oxidation sites excluding steroid dienone is 1. The van der Waals surface area contributed by atoms with Crippen LogP contribution >= 0.6 is 0 Å². The van der Waals surface area contributed by atoms with E-state index in [-0.39, 0.29) is 17.0 Å². The minimum absolute atomic E-state index is 0.149. The van der Waals surface area contributed by atoms with Crippen LogP contribution in [0.5, 0.6) is 11.5 Å². The first kappa shape index (κ1) is 14.8. The van der Waals surface area contributed by atoms with Crippen LogP contribution in [-0.2, 0) is 7.05 Å². The summed E-state index contributed by atoms with van der Waals surface area (Å²) in [5, 5.41) is 15.1. The maximum Gasteiger partial charge on any atom is 0.280 e. The van der Waals surface area contributed by atoms with Gasteiger partial charge in [-0.25, -0.2) is 0 Å². The predicted molar refractivity (Wildman–Crippen MR) is 80.7 cm³/mol. The number of hydrogen-bond acceptors (Lipinski definition) is 6. The first-order chi connectivity index (χ1) is 11.0. The molecule has 0 saturated heterocycles. The first-order valence-electron chi connectivity index (χ1n) is 6.83. The van der Waals surface area contributed by atoms with Gasteiger partial charge in [-0.05, 0) is 18.2 Å². The molecule has 8 nitrogen and oxygen atoms in total. The van der Waals surface area contributed by atoms with Crippen molar-refractivity contribution in [3.8, 4) is 11.5 Å². The van der Waals surface area contributed by atoms with Crippen molar-refractivity contribution in [1.29, 1.82) is 0 Å². The Bertz CT molecular complexity index is 809. The van der Waals surface area contributed by atoms with Crippen LogP contribution in [0.25, 0.3) is 6.08 Å². The number of rotatable bonds is 4. The molecular weight excluding hydrogens is 302 g/mol. The van der Waals surface area contributed by atoms with E-state index in [1.807, 2.05) is 0 Å². The van der Waals surface area contributed by atoms with Gasteiger partial charge in [0.1, 0.15) is 13.2 Å². The first-order valence-corrected chi connectivity index (χ1v) is 6.83. The van der Waals surface area contributed by atoms with Crippen LogP contribution in [0.15, 0.2) is 30.6 Å². The highest BCUT2D eigenvalue weighted by atomic mass is 16.6. The lowest BCUT2D eigenvalue weighted by Gasteiger charge is -2.18. The number of benzene rings is 1. The van der Waals surface area contributed by atoms with Crippen molar-refractivity contribution >= 4 is 17.5 Å². The SMILES string of the molecule is Cn1cc(C(=O)/C=C\c2cc3c(cc2[N+](=O)[O-])OCCO3)cn1. The zero-order valence-corrected chi connectivity index (χ0v) is 12.3. The molecule has 0 atom stereocenters. The lowest BCUT2D eigenvalue weighted by atomic mass is 10.1. The number of nitrogens with zero attached hydrogens (tertiary/aromatic N) is 3. The molecule has 0 saturated carbocycles. The largest absolute Gasteiger partial charge is 0.486 e. The second-order valence-corrected chi connectivity index (χ2v) is 4.91. The molecule has 0 N–H and O–H groups in total. The van der Waals surface area contributed by atoms with Gasteiger partial charge in [0.2, 0.25) is 0 Å². The molecule has 1 aliphatic heterocycles. The fourth-order valence-electron chi connectivity index (χ4n) is 2.20. The van der Waals surface area contributed by atoms with Gasteiger partial charge in [0.05, 0.1) is 28.3 Å². The average Bonchev–Trinajstić information content (AvgIpc) is 2.98. The molecule has 118 valence electrons. The standard InChI is InChI=1S/C15H13N3O5/c1-17-9-11(8-16-17)13(19)3-2-10-6-14-15(23-5-4-22-14)7-12(10)18(20)21/h2-3,6-9H,4-5H2,1H3/b3-2-. The zero-order chi connectivity index (χ0) is 16.4. The summed E-state index contributed by atoms with van der Waals surface area (Å²) >= 11 is 0. The van der Waals surface area contributed by atoms with Gasteiger partial charge in [-0.3, -0.25) is 19.6 Å². The lowest BCUT2D eigenvalue weighted by Crippen LogP contribution is -2.15. The summed E-state index contributed by atoms with van der Waals surface area (Å²) in [6, 6.07) is 2.81. The number of aryl methyl sites for hydroxylation is 1. The van der Waals surface area contributed by atoms with Gasteiger partial charge in [0, 0.05) is 13.2 Å². The van der Waals surface area contributed by atoms with Crippen molar-refractivity contribution in [1.82, 2.24) is 9.78 Å². The van der Waals surface area contributed by atoms with E-state index in [4.69, 9.17) is 9.47 Å². The summed E-state index contributed by atoms with van der Waals surface area (Å²) < 4.78 is 12.3. The Hall–Kier alpha value is -3.16. The second-order valence-electron chi connectivity index (χ2n) is 4.91. The molecular formula is C15H13N3O5. The number of ketones is 1. The van der Waals surface area contributed by atoms with Gasteiger partial charge in [-0.1, -0.05) is 0 Å². The zero-order valence-electron chi connectivity index (χ0n) is 12.3. The van der Waals surface area contributed by atoms with Gasteiger partial charge in [-0.15, -0.1) is 0 Å². The van der Waals surface area contributed by atoms with E-state index in [1.54, 1.807) is 13.2 Å². The number of nitro groups is 1. The van der Waals surface area contributed by atoms with E-state index < -0.39 is 4.92 Å². The number of aromatic nitrogens is 2. The van der Waals surface area contributed by atoms with E-state index in [9.17, 15) is 14.9 Å². The smallest absolute Gasteiger partial charge is 0.280 e. The molecule has 8 heteroatoms. The van der Waals surface area contributed by atoms with Crippen LogP contribution in [-0.4, -0.2) is 33.7 Å². The number of carbonyl (C=O) groups excluding carboxylic acids is 1. The van der Waals surface area contributed by atoms with Crippen molar-refractivity contribution in [3.05, 3.63) is 51.8 Å². The topological polar surface area (TPSA) is 96.5 Å². The van der Waals surface area contributed by atoms with E-state index >= 15 is 0 Å². The minimum atomic E-state index is -0.521. The van der Waals surface area contributed by atoms with Crippen molar-refractivity contribution in [2.75, 3.05) is 13.2 Å². The van der Waals surface area contributed by atoms with E-state index in [1.165, 1.54) is 35.2 Å². The van der Waals surface area contributed by atoms with Crippen molar-refractivity contribution in [2.24, 2.45) is 7.05 Å². The normalized spacial score (nSPS) is 13.3. The van der Waals surface area contributed by atoms with Gasteiger partial charge >= 0.3 is 0 Å². The molecule has 23 heavy (non-hydrogen) atoms. The highest BCUT2D eigenvalue weighted by Gasteiger charge is 2.21. The third kappa shape index (κ3) is 3.05. The van der Waals surface area contributed by atoms with E-state index in [0.717, 1.165) is 0 Å². The lowest BCUT2D eigenvalue weighted by molar-refractivity contribution is -0.385. The molecule has 0 spiro atoms. The fraction of sp³-hybridized carbons (Fsp3) is 0.200. The highest BCUT2D eigenvalue weighted by Crippen LogP contribution is 2.37. The molecule has 1 aliphatic rings. The molecule has 0 amide bonds. The Kier molecular flexibility index (Phi) is 3.80. The van der Waals surface area contributed by atoms with Crippen LogP contribution in [0.2, 0.25) is 0 Å². The third-order valence-corrected chi connectivity index (χ3v) is 3.29. The van der Waals surface area contributed by atoms with Crippen LogP contribution in [0.3, 0.4) is 0 Å². The number of nitro benzene ring substituents is 1.